The van der Waals surface area contributed by atoms with Crippen LogP contribution < -0.4 is 0 Å². The minimum absolute atomic E-state index is 0.200. The molecule has 2 aromatic rings. The first-order chi connectivity index (χ1) is 6.31. The van der Waals surface area contributed by atoms with E-state index in [2.05, 4.69) is 20.9 Å². The van der Waals surface area contributed by atoms with Crippen molar-refractivity contribution in [1.82, 2.24) is 19.5 Å². The fourth-order valence-electron chi connectivity index (χ4n) is 1.05. The highest BCUT2D eigenvalue weighted by Crippen LogP contribution is 2.10. The first-order valence-electron chi connectivity index (χ1n) is 3.58. The lowest BCUT2D eigenvalue weighted by Gasteiger charge is -1.95. The molecule has 5 heteroatoms. The molecule has 0 aromatic carbocycles. The number of nitrogens with zero attached hydrogens (tertiary/aromatic N) is 4. The Morgan fingerprint density at radius 2 is 2.38 bits per heavy atom. The van der Waals surface area contributed by atoms with Crippen LogP contribution in [0.5, 0.6) is 0 Å². The molecule has 0 saturated carbocycles. The van der Waals surface area contributed by atoms with Crippen LogP contribution in [0.25, 0.3) is 11.2 Å². The van der Waals surface area contributed by atoms with Crippen LogP contribution in [0.4, 0.5) is 0 Å². The molecule has 0 aliphatic carbocycles. The molecule has 0 aliphatic heterocycles. The van der Waals surface area contributed by atoms with E-state index in [4.69, 9.17) is 18.0 Å². The fourth-order valence-corrected chi connectivity index (χ4v) is 1.18. The average molecular weight is 193 g/mol. The summed E-state index contributed by atoms with van der Waals surface area (Å²) in [6.07, 6.45) is 8.36. The fraction of sp³-hybridized carbons (Fsp3) is 0.125. The Morgan fingerprint density at radius 3 is 3.15 bits per heavy atom. The predicted octanol–water partition coefficient (Wildman–Crippen LogP) is 1.11. The number of fused-ring (bicyclic) bond motifs is 1. The van der Waals surface area contributed by atoms with Crippen molar-refractivity contribution in [3.63, 3.8) is 0 Å². The van der Waals surface area contributed by atoms with E-state index in [1.807, 2.05) is 0 Å². The number of hydrogen-bond donors (Lipinski definition) is 0. The zero-order valence-corrected chi connectivity index (χ0v) is 7.36. The van der Waals surface area contributed by atoms with Gasteiger partial charge >= 0.3 is 0 Å². The summed E-state index contributed by atoms with van der Waals surface area (Å²) in [7, 11) is 0. The number of hydrogen-bond acceptors (Lipinski definition) is 3. The normalized spacial score (nSPS) is 10.2. The Morgan fingerprint density at radius 1 is 1.54 bits per heavy atom. The largest absolute Gasteiger partial charge is 0.303 e. The summed E-state index contributed by atoms with van der Waals surface area (Å²) in [4.78, 5) is 11.9. The van der Waals surface area contributed by atoms with Crippen molar-refractivity contribution in [2.45, 2.75) is 6.54 Å². The monoisotopic (exact) mass is 192 g/mol. The van der Waals surface area contributed by atoms with Gasteiger partial charge in [0.25, 0.3) is 0 Å². The number of imidazole rings is 1. The quantitative estimate of drug-likeness (QED) is 0.502. The van der Waals surface area contributed by atoms with Gasteiger partial charge in [0.15, 0.2) is 5.65 Å². The molecule has 0 bridgehead atoms. The molecule has 4 nitrogen and oxygen atoms in total. The highest BCUT2D eigenvalue weighted by Gasteiger charge is 2.03. The van der Waals surface area contributed by atoms with E-state index >= 15 is 0 Å². The summed E-state index contributed by atoms with van der Waals surface area (Å²) >= 11 is 5.63. The Kier molecular flexibility index (Phi) is 1.87. The van der Waals surface area contributed by atoms with Gasteiger partial charge in [0.05, 0.1) is 19.1 Å². The van der Waals surface area contributed by atoms with Crippen LogP contribution in [-0.4, -0.2) is 19.5 Å². The Labute approximate surface area is 79.6 Å². The second-order valence-electron chi connectivity index (χ2n) is 2.42. The number of rotatable bonds is 1. The van der Waals surface area contributed by atoms with Crippen molar-refractivity contribution in [2.75, 3.05) is 0 Å². The van der Waals surface area contributed by atoms with Gasteiger partial charge in [0.1, 0.15) is 5.52 Å². The van der Waals surface area contributed by atoms with Gasteiger partial charge in [-0.15, -0.1) is 6.42 Å². The van der Waals surface area contributed by atoms with Crippen molar-refractivity contribution < 1.29 is 0 Å². The molecule has 0 N–H and O–H groups in total. The molecular formula is C8H5ClN4. The van der Waals surface area contributed by atoms with E-state index in [9.17, 15) is 0 Å². The molecule has 2 rings (SSSR count). The third-order valence-electron chi connectivity index (χ3n) is 1.59. The van der Waals surface area contributed by atoms with Crippen LogP contribution in [0, 0.1) is 12.3 Å². The molecule has 0 saturated heterocycles. The standard InChI is InChI=1S/C8H5ClN4/c1-2-3-13-5-11-6-4-10-8(9)12-7(6)13/h1,4-5H,3H2. The minimum atomic E-state index is 0.200. The topological polar surface area (TPSA) is 43.6 Å². The molecule has 0 spiro atoms. The molecule has 0 radical (unpaired) electrons. The van der Waals surface area contributed by atoms with Crippen molar-refractivity contribution in [3.05, 3.63) is 17.8 Å². The SMILES string of the molecule is C#CCn1cnc2cnc(Cl)nc21. The predicted molar refractivity (Wildman–Crippen MR) is 49.2 cm³/mol. The average Bonchev–Trinajstić information content (AvgIpc) is 2.49. The van der Waals surface area contributed by atoms with Gasteiger partial charge in [0, 0.05) is 0 Å². The summed E-state index contributed by atoms with van der Waals surface area (Å²) in [5, 5.41) is 0.200. The van der Waals surface area contributed by atoms with Gasteiger partial charge in [0.2, 0.25) is 5.28 Å². The molecule has 0 fully saturated rings. The van der Waals surface area contributed by atoms with Crippen molar-refractivity contribution >= 4 is 22.8 Å². The number of terminal acetylenes is 1. The third kappa shape index (κ3) is 1.34. The van der Waals surface area contributed by atoms with Crippen molar-refractivity contribution in [1.29, 1.82) is 0 Å². The van der Waals surface area contributed by atoms with Gasteiger partial charge < -0.3 is 4.57 Å². The van der Waals surface area contributed by atoms with Crippen molar-refractivity contribution in [3.8, 4) is 12.3 Å². The Balaban J connectivity index is 2.66. The molecule has 2 aromatic heterocycles. The number of aromatic nitrogens is 4. The molecule has 0 unspecified atom stereocenters. The summed E-state index contributed by atoms with van der Waals surface area (Å²) in [5.41, 5.74) is 1.36. The first-order valence-corrected chi connectivity index (χ1v) is 3.96. The van der Waals surface area contributed by atoms with E-state index in [0.717, 1.165) is 0 Å². The van der Waals surface area contributed by atoms with E-state index in [1.54, 1.807) is 17.1 Å². The molecule has 0 amide bonds. The summed E-state index contributed by atoms with van der Waals surface area (Å²) in [6.45, 7) is 0.434. The summed E-state index contributed by atoms with van der Waals surface area (Å²) < 4.78 is 1.74. The van der Waals surface area contributed by atoms with E-state index in [-0.39, 0.29) is 5.28 Å². The first kappa shape index (κ1) is 8.02. The second kappa shape index (κ2) is 3.04. The van der Waals surface area contributed by atoms with Crippen LogP contribution in [0.3, 0.4) is 0 Å². The van der Waals surface area contributed by atoms with Gasteiger partial charge in [-0.25, -0.2) is 9.97 Å². The van der Waals surface area contributed by atoms with Gasteiger partial charge in [-0.3, -0.25) is 0 Å². The zero-order valence-electron chi connectivity index (χ0n) is 6.61. The molecular weight excluding hydrogens is 188 g/mol. The Hall–Kier alpha value is -1.60. The third-order valence-corrected chi connectivity index (χ3v) is 1.77. The van der Waals surface area contributed by atoms with E-state index < -0.39 is 0 Å². The van der Waals surface area contributed by atoms with Gasteiger partial charge in [-0.1, -0.05) is 5.92 Å². The van der Waals surface area contributed by atoms with Crippen LogP contribution in [0.15, 0.2) is 12.5 Å². The second-order valence-corrected chi connectivity index (χ2v) is 2.76. The maximum atomic E-state index is 5.63. The van der Waals surface area contributed by atoms with Crippen LogP contribution in [0.1, 0.15) is 0 Å². The van der Waals surface area contributed by atoms with Crippen molar-refractivity contribution in [2.24, 2.45) is 0 Å². The van der Waals surface area contributed by atoms with Crippen LogP contribution in [0.2, 0.25) is 5.28 Å². The molecule has 0 aliphatic rings. The summed E-state index contributed by atoms with van der Waals surface area (Å²) in [6, 6.07) is 0. The minimum Gasteiger partial charge on any atom is -0.303 e. The maximum absolute atomic E-state index is 5.63. The van der Waals surface area contributed by atoms with Gasteiger partial charge in [-0.2, -0.15) is 4.98 Å². The van der Waals surface area contributed by atoms with Gasteiger partial charge in [-0.05, 0) is 11.6 Å². The highest BCUT2D eigenvalue weighted by atomic mass is 35.5. The molecule has 64 valence electrons. The lowest BCUT2D eigenvalue weighted by Crippen LogP contribution is -1.95. The lowest BCUT2D eigenvalue weighted by molar-refractivity contribution is 0.857. The molecule has 0 atom stereocenters. The number of halogens is 1. The molecule has 2 heterocycles. The smallest absolute Gasteiger partial charge is 0.224 e. The van der Waals surface area contributed by atoms with Crippen LogP contribution >= 0.6 is 11.6 Å². The zero-order chi connectivity index (χ0) is 9.26. The summed E-state index contributed by atoms with van der Waals surface area (Å²) in [5.74, 6) is 2.50. The highest BCUT2D eigenvalue weighted by molar-refractivity contribution is 6.28. The van der Waals surface area contributed by atoms with E-state index in [1.165, 1.54) is 0 Å². The lowest BCUT2D eigenvalue weighted by atomic mass is 10.5. The maximum Gasteiger partial charge on any atom is 0.224 e. The Bertz CT molecular complexity index is 482. The molecule has 13 heavy (non-hydrogen) atoms. The van der Waals surface area contributed by atoms with E-state index in [0.29, 0.717) is 17.7 Å². The van der Waals surface area contributed by atoms with Crippen LogP contribution in [-0.2, 0) is 6.54 Å².